The fourth-order valence-electron chi connectivity index (χ4n) is 4.33. The first kappa shape index (κ1) is 29.3. The van der Waals surface area contributed by atoms with Crippen LogP contribution in [-0.4, -0.2) is 42.4 Å². The quantitative estimate of drug-likeness (QED) is 0.178. The van der Waals surface area contributed by atoms with Crippen molar-refractivity contribution in [3.8, 4) is 0 Å². The molecule has 0 aliphatic carbocycles. The Bertz CT molecular complexity index is 1220. The summed E-state index contributed by atoms with van der Waals surface area (Å²) in [4.78, 5) is 12.5. The lowest BCUT2D eigenvalue weighted by Crippen LogP contribution is -2.51. The Morgan fingerprint density at radius 1 is 0.500 bits per heavy atom. The molecule has 0 aliphatic heterocycles. The number of ether oxygens (including phenoxy) is 4. The maximum absolute atomic E-state index is 12.5. The lowest BCUT2D eigenvalue weighted by molar-refractivity contribution is -0.194. The molecule has 40 heavy (non-hydrogen) atoms. The Hall–Kier alpha value is -3.65. The van der Waals surface area contributed by atoms with Crippen molar-refractivity contribution in [2.45, 2.75) is 50.8 Å². The van der Waals surface area contributed by atoms with E-state index in [1.54, 1.807) is 0 Å². The molecule has 0 unspecified atom stereocenters. The van der Waals surface area contributed by atoms with Gasteiger partial charge in [0.15, 0.2) is 6.29 Å². The third-order valence-corrected chi connectivity index (χ3v) is 6.49. The number of hydrogen-bond acceptors (Lipinski definition) is 6. The molecule has 0 bridgehead atoms. The van der Waals surface area contributed by atoms with E-state index in [0.717, 1.165) is 28.5 Å². The van der Waals surface area contributed by atoms with Crippen LogP contribution in [0.25, 0.3) is 0 Å². The Morgan fingerprint density at radius 2 is 0.850 bits per heavy atom. The van der Waals surface area contributed by atoms with Crippen LogP contribution in [0.5, 0.6) is 0 Å². The predicted molar refractivity (Wildman–Crippen MR) is 153 cm³/mol. The van der Waals surface area contributed by atoms with Gasteiger partial charge in [-0.2, -0.15) is 0 Å². The standard InChI is InChI=1S/C34H36O6/c35-21-31(37-23-27-13-5-1-6-14-27)33(39-25-29-17-9-3-10-18-29)34(40-26-30-19-11-4-12-20-30)32(22-36)38-24-28-15-7-2-8-16-28/h1-21,31-34,36H,22-26H2/t31-,32-,33-,34-/m1/s1. The van der Waals surface area contributed by atoms with Crippen LogP contribution in [0, 0.1) is 0 Å². The monoisotopic (exact) mass is 540 g/mol. The topological polar surface area (TPSA) is 74.2 Å². The maximum Gasteiger partial charge on any atom is 0.151 e. The maximum atomic E-state index is 12.5. The zero-order chi connectivity index (χ0) is 27.8. The normalized spacial score (nSPS) is 14.2. The van der Waals surface area contributed by atoms with Crippen LogP contribution in [0.2, 0.25) is 0 Å². The number of rotatable bonds is 17. The summed E-state index contributed by atoms with van der Waals surface area (Å²) >= 11 is 0. The van der Waals surface area contributed by atoms with Gasteiger partial charge in [0.05, 0.1) is 33.0 Å². The zero-order valence-corrected chi connectivity index (χ0v) is 22.5. The van der Waals surface area contributed by atoms with Gasteiger partial charge in [-0.05, 0) is 22.3 Å². The van der Waals surface area contributed by atoms with Crippen LogP contribution in [0.1, 0.15) is 22.3 Å². The second kappa shape index (κ2) is 16.5. The second-order valence-electron chi connectivity index (χ2n) is 9.44. The van der Waals surface area contributed by atoms with Crippen LogP contribution in [0.15, 0.2) is 121 Å². The summed E-state index contributed by atoms with van der Waals surface area (Å²) < 4.78 is 25.1. The Kier molecular flexibility index (Phi) is 12.1. The van der Waals surface area contributed by atoms with Gasteiger partial charge >= 0.3 is 0 Å². The second-order valence-corrected chi connectivity index (χ2v) is 9.44. The molecule has 0 amide bonds. The van der Waals surface area contributed by atoms with Crippen molar-refractivity contribution in [2.24, 2.45) is 0 Å². The number of hydrogen-bond donors (Lipinski definition) is 1. The van der Waals surface area contributed by atoms with E-state index in [1.165, 1.54) is 0 Å². The van der Waals surface area contributed by atoms with Crippen LogP contribution in [0.3, 0.4) is 0 Å². The molecule has 4 aromatic carbocycles. The molecule has 0 aliphatic rings. The highest BCUT2D eigenvalue weighted by atomic mass is 16.6. The summed E-state index contributed by atoms with van der Waals surface area (Å²) in [7, 11) is 0. The van der Waals surface area contributed by atoms with E-state index in [1.807, 2.05) is 121 Å². The van der Waals surface area contributed by atoms with E-state index in [2.05, 4.69) is 0 Å². The minimum absolute atomic E-state index is 0.218. The van der Waals surface area contributed by atoms with Crippen molar-refractivity contribution in [1.29, 1.82) is 0 Å². The molecule has 6 heteroatoms. The third-order valence-electron chi connectivity index (χ3n) is 6.49. The average Bonchev–Trinajstić information content (AvgIpc) is 3.02. The lowest BCUT2D eigenvalue weighted by atomic mass is 10.0. The summed E-state index contributed by atoms with van der Waals surface area (Å²) in [5, 5.41) is 10.5. The van der Waals surface area contributed by atoms with E-state index in [4.69, 9.17) is 18.9 Å². The molecule has 4 atom stereocenters. The fraction of sp³-hybridized carbons (Fsp3) is 0.265. The molecule has 0 aromatic heterocycles. The molecule has 4 aromatic rings. The van der Waals surface area contributed by atoms with Crippen molar-refractivity contribution < 1.29 is 28.8 Å². The summed E-state index contributed by atoms with van der Waals surface area (Å²) in [6.07, 6.45) is -2.70. The summed E-state index contributed by atoms with van der Waals surface area (Å²) in [6.45, 7) is 0.620. The molecule has 0 saturated carbocycles. The van der Waals surface area contributed by atoms with Crippen LogP contribution >= 0.6 is 0 Å². The molecule has 4 rings (SSSR count). The van der Waals surface area contributed by atoms with Crippen molar-refractivity contribution in [1.82, 2.24) is 0 Å². The first-order chi connectivity index (χ1) is 19.8. The summed E-state index contributed by atoms with van der Waals surface area (Å²) in [6, 6.07) is 38.8. The van der Waals surface area contributed by atoms with Gasteiger partial charge in [-0.3, -0.25) is 0 Å². The smallest absolute Gasteiger partial charge is 0.151 e. The summed E-state index contributed by atoms with van der Waals surface area (Å²) in [5.41, 5.74) is 3.77. The van der Waals surface area contributed by atoms with Crippen molar-refractivity contribution in [2.75, 3.05) is 6.61 Å². The number of carbonyl (C=O) groups is 1. The highest BCUT2D eigenvalue weighted by molar-refractivity contribution is 5.57. The number of aldehydes is 1. The number of aliphatic hydroxyl groups excluding tert-OH is 1. The zero-order valence-electron chi connectivity index (χ0n) is 22.5. The Labute approximate surface area is 236 Å². The van der Waals surface area contributed by atoms with Gasteiger partial charge in [0, 0.05) is 0 Å². The number of carbonyl (C=O) groups excluding carboxylic acids is 1. The predicted octanol–water partition coefficient (Wildman–Crippen LogP) is 5.52. The molecule has 1 N–H and O–H groups in total. The largest absolute Gasteiger partial charge is 0.394 e. The number of aliphatic hydroxyl groups is 1. The fourth-order valence-corrected chi connectivity index (χ4v) is 4.33. The van der Waals surface area contributed by atoms with E-state index < -0.39 is 24.4 Å². The Morgan fingerprint density at radius 3 is 1.23 bits per heavy atom. The van der Waals surface area contributed by atoms with Crippen molar-refractivity contribution >= 4 is 6.29 Å². The van der Waals surface area contributed by atoms with Gasteiger partial charge in [0.2, 0.25) is 0 Å². The molecule has 0 heterocycles. The summed E-state index contributed by atoms with van der Waals surface area (Å²) in [5.74, 6) is 0. The molecular weight excluding hydrogens is 504 g/mol. The van der Waals surface area contributed by atoms with Gasteiger partial charge in [-0.15, -0.1) is 0 Å². The first-order valence-corrected chi connectivity index (χ1v) is 13.4. The van der Waals surface area contributed by atoms with Crippen LogP contribution in [0.4, 0.5) is 0 Å². The highest BCUT2D eigenvalue weighted by Crippen LogP contribution is 2.22. The van der Waals surface area contributed by atoms with E-state index in [9.17, 15) is 9.90 Å². The van der Waals surface area contributed by atoms with E-state index in [-0.39, 0.29) is 33.0 Å². The van der Waals surface area contributed by atoms with Crippen molar-refractivity contribution in [3.05, 3.63) is 144 Å². The third kappa shape index (κ3) is 9.23. The van der Waals surface area contributed by atoms with Gasteiger partial charge < -0.3 is 28.8 Å². The molecule has 0 saturated heterocycles. The Balaban J connectivity index is 1.60. The van der Waals surface area contributed by atoms with E-state index in [0.29, 0.717) is 0 Å². The minimum Gasteiger partial charge on any atom is -0.394 e. The van der Waals surface area contributed by atoms with Gasteiger partial charge in [-0.25, -0.2) is 0 Å². The number of benzene rings is 4. The van der Waals surface area contributed by atoms with Gasteiger partial charge in [0.25, 0.3) is 0 Å². The molecular formula is C34H36O6. The van der Waals surface area contributed by atoms with Gasteiger partial charge in [-0.1, -0.05) is 121 Å². The molecule has 0 fully saturated rings. The van der Waals surface area contributed by atoms with Crippen molar-refractivity contribution in [3.63, 3.8) is 0 Å². The minimum atomic E-state index is -0.973. The lowest BCUT2D eigenvalue weighted by Gasteiger charge is -2.35. The SMILES string of the molecule is O=C[C@@H](OCc1ccccc1)[C@@H](OCc1ccccc1)[C@H](OCc1ccccc1)[C@@H](CO)OCc1ccccc1. The molecule has 0 spiro atoms. The van der Waals surface area contributed by atoms with E-state index >= 15 is 0 Å². The highest BCUT2D eigenvalue weighted by Gasteiger charge is 2.38. The molecule has 6 nitrogen and oxygen atoms in total. The van der Waals surface area contributed by atoms with Crippen LogP contribution < -0.4 is 0 Å². The van der Waals surface area contributed by atoms with Crippen LogP contribution in [-0.2, 0) is 50.2 Å². The average molecular weight is 541 g/mol. The first-order valence-electron chi connectivity index (χ1n) is 13.4. The molecule has 0 radical (unpaired) electrons. The van der Waals surface area contributed by atoms with Gasteiger partial charge in [0.1, 0.15) is 24.4 Å². The molecule has 208 valence electrons.